The summed E-state index contributed by atoms with van der Waals surface area (Å²) in [5, 5.41) is 0. The maximum Gasteiger partial charge on any atom is 0.254 e. The lowest BCUT2D eigenvalue weighted by Crippen LogP contribution is -2.34. The van der Waals surface area contributed by atoms with Gasteiger partial charge in [-0.05, 0) is 31.0 Å². The average Bonchev–Trinajstić information content (AvgIpc) is 2.87. The third-order valence-corrected chi connectivity index (χ3v) is 4.42. The first kappa shape index (κ1) is 15.5. The molecule has 0 saturated carbocycles. The van der Waals surface area contributed by atoms with Gasteiger partial charge in [0.25, 0.3) is 5.91 Å². The van der Waals surface area contributed by atoms with E-state index in [2.05, 4.69) is 13.0 Å². The molecule has 1 saturated heterocycles. The molecule has 0 spiro atoms. The van der Waals surface area contributed by atoms with Crippen molar-refractivity contribution in [1.29, 1.82) is 0 Å². The van der Waals surface area contributed by atoms with Crippen LogP contribution in [0.15, 0.2) is 35.9 Å². The molecule has 120 valence electrons. The lowest BCUT2D eigenvalue weighted by atomic mass is 10.1. The molecule has 0 N–H and O–H groups in total. The van der Waals surface area contributed by atoms with E-state index in [9.17, 15) is 14.4 Å². The number of carbonyl (C=O) groups excluding carboxylic acids is 3. The van der Waals surface area contributed by atoms with Crippen molar-refractivity contribution < 1.29 is 14.4 Å². The molecule has 23 heavy (non-hydrogen) atoms. The minimum absolute atomic E-state index is 0.0219. The van der Waals surface area contributed by atoms with Crippen LogP contribution in [-0.2, 0) is 16.1 Å². The van der Waals surface area contributed by atoms with Gasteiger partial charge >= 0.3 is 0 Å². The Bertz CT molecular complexity index is 660. The first-order chi connectivity index (χ1) is 11.0. The fourth-order valence-electron chi connectivity index (χ4n) is 2.87. The quantitative estimate of drug-likeness (QED) is 0.634. The smallest absolute Gasteiger partial charge is 0.254 e. The molecule has 0 unspecified atom stereocenters. The Hall–Kier alpha value is -2.43. The van der Waals surface area contributed by atoms with Crippen molar-refractivity contribution in [2.45, 2.75) is 32.7 Å². The molecular weight excluding hydrogens is 292 g/mol. The van der Waals surface area contributed by atoms with E-state index in [0.29, 0.717) is 24.9 Å². The highest BCUT2D eigenvalue weighted by atomic mass is 16.2. The zero-order chi connectivity index (χ0) is 16.4. The first-order valence-corrected chi connectivity index (χ1v) is 7.91. The summed E-state index contributed by atoms with van der Waals surface area (Å²) in [6.45, 7) is 3.78. The SMILES string of the molecule is CC1=CCN(C(=O)c2ccc(CN3C(=O)CCC3=O)cc2)CC1. The highest BCUT2D eigenvalue weighted by molar-refractivity contribution is 6.01. The molecule has 1 aromatic carbocycles. The second-order valence-corrected chi connectivity index (χ2v) is 6.12. The van der Waals surface area contributed by atoms with E-state index < -0.39 is 0 Å². The molecule has 5 heteroatoms. The van der Waals surface area contributed by atoms with Crippen LogP contribution in [0.3, 0.4) is 0 Å². The molecule has 0 aliphatic carbocycles. The van der Waals surface area contributed by atoms with Gasteiger partial charge in [0.05, 0.1) is 6.54 Å². The average molecular weight is 312 g/mol. The zero-order valence-electron chi connectivity index (χ0n) is 13.2. The van der Waals surface area contributed by atoms with Gasteiger partial charge in [0, 0.05) is 31.5 Å². The second-order valence-electron chi connectivity index (χ2n) is 6.12. The van der Waals surface area contributed by atoms with Crippen LogP contribution in [0.2, 0.25) is 0 Å². The largest absolute Gasteiger partial charge is 0.335 e. The molecule has 0 bridgehead atoms. The van der Waals surface area contributed by atoms with Crippen LogP contribution in [-0.4, -0.2) is 40.6 Å². The number of imide groups is 1. The highest BCUT2D eigenvalue weighted by Gasteiger charge is 2.28. The number of nitrogens with zero attached hydrogens (tertiary/aromatic N) is 2. The maximum atomic E-state index is 12.4. The van der Waals surface area contributed by atoms with E-state index in [1.807, 2.05) is 17.0 Å². The monoisotopic (exact) mass is 312 g/mol. The summed E-state index contributed by atoms with van der Waals surface area (Å²) in [6.07, 6.45) is 3.61. The number of carbonyl (C=O) groups is 3. The minimum Gasteiger partial charge on any atom is -0.335 e. The Balaban J connectivity index is 1.66. The molecule has 1 fully saturated rings. The summed E-state index contributed by atoms with van der Waals surface area (Å²) >= 11 is 0. The van der Waals surface area contributed by atoms with Crippen molar-refractivity contribution in [1.82, 2.24) is 9.80 Å². The van der Waals surface area contributed by atoms with Crippen molar-refractivity contribution in [2.24, 2.45) is 0 Å². The molecule has 3 rings (SSSR count). The lowest BCUT2D eigenvalue weighted by Gasteiger charge is -2.25. The summed E-state index contributed by atoms with van der Waals surface area (Å²) in [7, 11) is 0. The normalized spacial score (nSPS) is 18.4. The van der Waals surface area contributed by atoms with Gasteiger partial charge in [0.15, 0.2) is 0 Å². The summed E-state index contributed by atoms with van der Waals surface area (Å²) in [5.74, 6) is -0.218. The lowest BCUT2D eigenvalue weighted by molar-refractivity contribution is -0.139. The summed E-state index contributed by atoms with van der Waals surface area (Å²) < 4.78 is 0. The van der Waals surface area contributed by atoms with E-state index in [4.69, 9.17) is 0 Å². The van der Waals surface area contributed by atoms with Gasteiger partial charge in [-0.25, -0.2) is 0 Å². The molecule has 3 amide bonds. The first-order valence-electron chi connectivity index (χ1n) is 7.91. The van der Waals surface area contributed by atoms with Crippen LogP contribution in [0.1, 0.15) is 42.1 Å². The molecular formula is C18H20N2O3. The van der Waals surface area contributed by atoms with Crippen LogP contribution in [0.5, 0.6) is 0 Å². The topological polar surface area (TPSA) is 57.7 Å². The molecule has 0 radical (unpaired) electrons. The number of likely N-dealkylation sites (tertiary alicyclic amines) is 1. The number of hydrogen-bond donors (Lipinski definition) is 0. The van der Waals surface area contributed by atoms with Crippen molar-refractivity contribution >= 4 is 17.7 Å². The van der Waals surface area contributed by atoms with E-state index in [1.165, 1.54) is 10.5 Å². The van der Waals surface area contributed by atoms with Crippen LogP contribution in [0.4, 0.5) is 0 Å². The van der Waals surface area contributed by atoms with Gasteiger partial charge in [-0.2, -0.15) is 0 Å². The fraction of sp³-hybridized carbons (Fsp3) is 0.389. The number of amides is 3. The van der Waals surface area contributed by atoms with Gasteiger partial charge in [0.2, 0.25) is 11.8 Å². The van der Waals surface area contributed by atoms with E-state index in [0.717, 1.165) is 18.5 Å². The molecule has 2 heterocycles. The third kappa shape index (κ3) is 3.33. The van der Waals surface area contributed by atoms with Crippen molar-refractivity contribution in [3.05, 3.63) is 47.0 Å². The van der Waals surface area contributed by atoms with E-state index in [-0.39, 0.29) is 24.3 Å². The molecule has 0 atom stereocenters. The Morgan fingerprint density at radius 1 is 1.04 bits per heavy atom. The maximum absolute atomic E-state index is 12.4. The Kier molecular flexibility index (Phi) is 4.28. The molecule has 5 nitrogen and oxygen atoms in total. The Labute approximate surface area is 135 Å². The van der Waals surface area contributed by atoms with Crippen molar-refractivity contribution in [2.75, 3.05) is 13.1 Å². The highest BCUT2D eigenvalue weighted by Crippen LogP contribution is 2.18. The zero-order valence-corrected chi connectivity index (χ0v) is 13.2. The third-order valence-electron chi connectivity index (χ3n) is 4.42. The van der Waals surface area contributed by atoms with Crippen molar-refractivity contribution in [3.8, 4) is 0 Å². The van der Waals surface area contributed by atoms with Gasteiger partial charge in [-0.15, -0.1) is 0 Å². The van der Waals surface area contributed by atoms with Crippen LogP contribution >= 0.6 is 0 Å². The van der Waals surface area contributed by atoms with E-state index in [1.54, 1.807) is 12.1 Å². The molecule has 2 aliphatic rings. The van der Waals surface area contributed by atoms with Crippen LogP contribution in [0, 0.1) is 0 Å². The summed E-state index contributed by atoms with van der Waals surface area (Å²) in [5.41, 5.74) is 2.82. The van der Waals surface area contributed by atoms with Crippen LogP contribution in [0.25, 0.3) is 0 Å². The Morgan fingerprint density at radius 3 is 2.26 bits per heavy atom. The van der Waals surface area contributed by atoms with E-state index >= 15 is 0 Å². The molecule has 1 aromatic rings. The summed E-state index contributed by atoms with van der Waals surface area (Å²) in [6, 6.07) is 7.18. The fourth-order valence-corrected chi connectivity index (χ4v) is 2.87. The van der Waals surface area contributed by atoms with Crippen molar-refractivity contribution in [3.63, 3.8) is 0 Å². The molecule has 0 aromatic heterocycles. The van der Waals surface area contributed by atoms with Gasteiger partial charge < -0.3 is 4.90 Å². The minimum atomic E-state index is -0.120. The number of hydrogen-bond acceptors (Lipinski definition) is 3. The van der Waals surface area contributed by atoms with Gasteiger partial charge in [-0.1, -0.05) is 23.8 Å². The summed E-state index contributed by atoms with van der Waals surface area (Å²) in [4.78, 5) is 38.8. The number of rotatable bonds is 3. The van der Waals surface area contributed by atoms with Crippen LogP contribution < -0.4 is 0 Å². The predicted octanol–water partition coefficient (Wildman–Crippen LogP) is 2.13. The van der Waals surface area contributed by atoms with Gasteiger partial charge in [-0.3, -0.25) is 19.3 Å². The standard InChI is InChI=1S/C18H20N2O3/c1-13-8-10-19(11-9-13)18(23)15-4-2-14(3-5-15)12-20-16(21)6-7-17(20)22/h2-5,8H,6-7,9-12H2,1H3. The molecule has 2 aliphatic heterocycles. The second kappa shape index (κ2) is 6.36. The Morgan fingerprint density at radius 2 is 1.70 bits per heavy atom. The van der Waals surface area contributed by atoms with Gasteiger partial charge in [0.1, 0.15) is 0 Å². The number of benzene rings is 1. The predicted molar refractivity (Wildman–Crippen MR) is 85.5 cm³/mol.